The average Bonchev–Trinajstić information content (AvgIpc) is 3.22. The fourth-order valence-electron chi connectivity index (χ4n) is 5.88. The van der Waals surface area contributed by atoms with E-state index in [1.807, 2.05) is 0 Å². The Morgan fingerprint density at radius 3 is 2.05 bits per heavy atom. The Bertz CT molecular complexity index is 1480. The molecule has 0 amide bonds. The average molecular weight is 486 g/mol. The second kappa shape index (κ2) is 9.52. The summed E-state index contributed by atoms with van der Waals surface area (Å²) < 4.78 is 2.33. The van der Waals surface area contributed by atoms with Gasteiger partial charge in [-0.3, -0.25) is 0 Å². The Morgan fingerprint density at radius 2 is 1.35 bits per heavy atom. The number of hydrogen-bond donors (Lipinski definition) is 0. The molecule has 186 valence electrons. The topological polar surface area (TPSA) is 6.25 Å². The molecule has 0 N–H and O–H groups in total. The van der Waals surface area contributed by atoms with Gasteiger partial charge < -0.3 is 4.90 Å². The minimum absolute atomic E-state index is 0.0517. The highest BCUT2D eigenvalue weighted by Gasteiger charge is 2.42. The molecular weight excluding hydrogens is 448 g/mol. The van der Waals surface area contributed by atoms with E-state index in [2.05, 4.69) is 167 Å². The fraction of sp³-hybridized carbons (Fsp3) is 0.229. The molecule has 37 heavy (non-hydrogen) atoms. The van der Waals surface area contributed by atoms with Crippen molar-refractivity contribution in [3.05, 3.63) is 137 Å². The maximum Gasteiger partial charge on any atom is 0.209 e. The molecule has 0 saturated heterocycles. The summed E-state index contributed by atoms with van der Waals surface area (Å²) >= 11 is 0. The summed E-state index contributed by atoms with van der Waals surface area (Å²) in [7, 11) is 4.34. The van der Waals surface area contributed by atoms with Crippen molar-refractivity contribution in [2.45, 2.75) is 38.5 Å². The van der Waals surface area contributed by atoms with Crippen molar-refractivity contribution in [1.29, 1.82) is 0 Å². The smallest absolute Gasteiger partial charge is 0.209 e. The van der Waals surface area contributed by atoms with Gasteiger partial charge in [0.05, 0.1) is 5.41 Å². The van der Waals surface area contributed by atoms with Crippen LogP contribution in [-0.2, 0) is 10.8 Å². The van der Waals surface area contributed by atoms with Gasteiger partial charge in [0.15, 0.2) is 5.71 Å². The molecule has 0 aliphatic carbocycles. The van der Waals surface area contributed by atoms with E-state index in [4.69, 9.17) is 0 Å². The van der Waals surface area contributed by atoms with Crippen molar-refractivity contribution < 1.29 is 4.58 Å². The molecule has 2 heterocycles. The lowest BCUT2D eigenvalue weighted by Gasteiger charge is -2.23. The number of para-hydroxylation sites is 2. The Labute approximate surface area is 222 Å². The van der Waals surface area contributed by atoms with Gasteiger partial charge in [0.25, 0.3) is 0 Å². The van der Waals surface area contributed by atoms with Crippen molar-refractivity contribution in [2.24, 2.45) is 0 Å². The quantitative estimate of drug-likeness (QED) is 0.261. The van der Waals surface area contributed by atoms with E-state index in [9.17, 15) is 0 Å². The third-order valence-electron chi connectivity index (χ3n) is 8.02. The van der Waals surface area contributed by atoms with E-state index in [1.54, 1.807) is 0 Å². The first-order chi connectivity index (χ1) is 17.7. The van der Waals surface area contributed by atoms with Gasteiger partial charge in [-0.25, -0.2) is 0 Å². The third-order valence-corrected chi connectivity index (χ3v) is 8.02. The Hall–Kier alpha value is -3.91. The molecule has 5 rings (SSSR count). The first-order valence-electron chi connectivity index (χ1n) is 13.1. The van der Waals surface area contributed by atoms with Crippen LogP contribution in [0.3, 0.4) is 0 Å². The van der Waals surface area contributed by atoms with Gasteiger partial charge in [0.1, 0.15) is 7.05 Å². The van der Waals surface area contributed by atoms with Crippen molar-refractivity contribution in [1.82, 2.24) is 0 Å². The molecule has 2 nitrogen and oxygen atoms in total. The highest BCUT2D eigenvalue weighted by Crippen LogP contribution is 2.46. The van der Waals surface area contributed by atoms with Crippen LogP contribution in [0, 0.1) is 0 Å². The number of allylic oxidation sites excluding steroid dienone is 7. The second-order valence-corrected chi connectivity index (χ2v) is 11.1. The highest BCUT2D eigenvalue weighted by atomic mass is 15.2. The predicted octanol–water partition coefficient (Wildman–Crippen LogP) is 8.20. The molecule has 2 aliphatic heterocycles. The Kier molecular flexibility index (Phi) is 6.37. The van der Waals surface area contributed by atoms with Gasteiger partial charge in [0.2, 0.25) is 5.69 Å². The van der Waals surface area contributed by atoms with Gasteiger partial charge in [0, 0.05) is 41.6 Å². The van der Waals surface area contributed by atoms with Crippen LogP contribution in [-0.4, -0.2) is 24.4 Å². The van der Waals surface area contributed by atoms with E-state index in [1.165, 1.54) is 39.5 Å². The van der Waals surface area contributed by atoms with E-state index < -0.39 is 0 Å². The lowest BCUT2D eigenvalue weighted by atomic mass is 9.81. The summed E-state index contributed by atoms with van der Waals surface area (Å²) in [5, 5.41) is 0. The molecule has 0 saturated carbocycles. The lowest BCUT2D eigenvalue weighted by Crippen LogP contribution is -2.26. The van der Waals surface area contributed by atoms with Gasteiger partial charge in [-0.15, -0.1) is 0 Å². The third kappa shape index (κ3) is 4.42. The van der Waals surface area contributed by atoms with Crippen molar-refractivity contribution in [2.75, 3.05) is 19.0 Å². The van der Waals surface area contributed by atoms with Crippen LogP contribution in [0.1, 0.15) is 44.4 Å². The summed E-state index contributed by atoms with van der Waals surface area (Å²) in [6, 6.07) is 27.9. The first-order valence-corrected chi connectivity index (χ1v) is 13.1. The maximum atomic E-state index is 2.33. The molecule has 0 spiro atoms. The van der Waals surface area contributed by atoms with Gasteiger partial charge in [-0.05, 0) is 48.8 Å². The monoisotopic (exact) mass is 485 g/mol. The minimum atomic E-state index is -0.0517. The van der Waals surface area contributed by atoms with E-state index in [-0.39, 0.29) is 10.8 Å². The number of anilines is 1. The number of fused-ring (bicyclic) bond motifs is 2. The fourth-order valence-corrected chi connectivity index (χ4v) is 5.88. The van der Waals surface area contributed by atoms with E-state index in [0.717, 1.165) is 5.57 Å². The number of benzene rings is 3. The van der Waals surface area contributed by atoms with Crippen molar-refractivity contribution >= 4 is 23.2 Å². The second-order valence-electron chi connectivity index (χ2n) is 11.1. The molecular formula is C35H37N2+. The molecule has 2 heteroatoms. The maximum absolute atomic E-state index is 2.33. The minimum Gasteiger partial charge on any atom is -0.347 e. The molecule has 3 aromatic rings. The summed E-state index contributed by atoms with van der Waals surface area (Å²) in [5.41, 5.74) is 10.2. The predicted molar refractivity (Wildman–Crippen MR) is 159 cm³/mol. The van der Waals surface area contributed by atoms with Crippen molar-refractivity contribution in [3.63, 3.8) is 0 Å². The normalized spacial score (nSPS) is 19.4. The highest BCUT2D eigenvalue weighted by molar-refractivity contribution is 6.03. The van der Waals surface area contributed by atoms with E-state index in [0.29, 0.717) is 0 Å². The summed E-state index contributed by atoms with van der Waals surface area (Å²) in [5.74, 6) is 0. The summed E-state index contributed by atoms with van der Waals surface area (Å²) in [6.45, 7) is 9.25. The molecule has 0 aromatic heterocycles. The molecule has 0 atom stereocenters. The first kappa shape index (κ1) is 24.8. The van der Waals surface area contributed by atoms with Gasteiger partial charge in [-0.2, -0.15) is 4.58 Å². The molecule has 0 unspecified atom stereocenters. The number of hydrogen-bond acceptors (Lipinski definition) is 1. The van der Waals surface area contributed by atoms with Crippen LogP contribution < -0.4 is 4.90 Å². The Balaban J connectivity index is 1.54. The Morgan fingerprint density at radius 1 is 0.730 bits per heavy atom. The number of nitrogens with zero attached hydrogens (tertiary/aromatic N) is 2. The standard InChI is InChI=1S/C35H37N2/c1-34(2)28-16-10-12-18-30(28)36(5)32(34)24-22-27(21-20-26-14-8-7-9-15-26)23-25-33-35(3,4)29-17-11-13-19-31(29)37(33)6/h7-25H,1-6H3/q+1/b21-20+. The number of likely N-dealkylation sites (N-methyl/N-ethyl adjacent to an activating group) is 1. The number of rotatable bonds is 5. The lowest BCUT2D eigenvalue weighted by molar-refractivity contribution is -0.401. The zero-order valence-corrected chi connectivity index (χ0v) is 22.9. The van der Waals surface area contributed by atoms with Crippen LogP contribution in [0.25, 0.3) is 6.08 Å². The molecule has 3 aromatic carbocycles. The molecule has 2 aliphatic rings. The molecule has 0 bridgehead atoms. The van der Waals surface area contributed by atoms with Gasteiger partial charge in [-0.1, -0.05) is 98.8 Å². The van der Waals surface area contributed by atoms with Gasteiger partial charge >= 0.3 is 0 Å². The van der Waals surface area contributed by atoms with E-state index >= 15 is 0 Å². The van der Waals surface area contributed by atoms with Crippen molar-refractivity contribution in [3.8, 4) is 0 Å². The van der Waals surface area contributed by atoms with Crippen LogP contribution in [0.15, 0.2) is 121 Å². The van der Waals surface area contributed by atoms with Crippen LogP contribution in [0.2, 0.25) is 0 Å². The zero-order chi connectivity index (χ0) is 26.2. The SMILES string of the molecule is CN1/C(=C/C=C(/C=C/C2=[N+](C)c3ccccc3C2(C)C)\C=C\c2ccccc2)C(C)(C)c2ccccc21. The van der Waals surface area contributed by atoms with Crippen LogP contribution in [0.4, 0.5) is 11.4 Å². The summed E-state index contributed by atoms with van der Waals surface area (Å²) in [4.78, 5) is 2.33. The largest absolute Gasteiger partial charge is 0.347 e. The summed E-state index contributed by atoms with van der Waals surface area (Å²) in [6.07, 6.45) is 13.5. The molecule has 0 fully saturated rings. The molecule has 0 radical (unpaired) electrons. The zero-order valence-electron chi connectivity index (χ0n) is 22.9. The van der Waals surface area contributed by atoms with Crippen LogP contribution in [0.5, 0.6) is 0 Å². The van der Waals surface area contributed by atoms with Crippen LogP contribution >= 0.6 is 0 Å².